The van der Waals surface area contributed by atoms with Crippen molar-refractivity contribution in [3.05, 3.63) is 52.5 Å². The van der Waals surface area contributed by atoms with E-state index in [0.717, 1.165) is 12.1 Å². The lowest BCUT2D eigenvalue weighted by Crippen LogP contribution is -2.33. The Balaban J connectivity index is 2.25. The van der Waals surface area contributed by atoms with Crippen LogP contribution in [0.5, 0.6) is 0 Å². The van der Waals surface area contributed by atoms with E-state index in [-0.39, 0.29) is 22.8 Å². The number of carbonyl (C=O) groups is 1. The van der Waals surface area contributed by atoms with Gasteiger partial charge in [0.2, 0.25) is 5.91 Å². The Morgan fingerprint density at radius 2 is 1.84 bits per heavy atom. The van der Waals surface area contributed by atoms with Crippen LogP contribution in [0.15, 0.2) is 46.7 Å². The summed E-state index contributed by atoms with van der Waals surface area (Å²) in [5.41, 5.74) is -0.182. The molecule has 0 radical (unpaired) electrons. The van der Waals surface area contributed by atoms with Crippen LogP contribution in [-0.2, 0) is 14.6 Å². The van der Waals surface area contributed by atoms with Crippen LogP contribution in [0, 0.1) is 11.2 Å². The minimum absolute atomic E-state index is 0.0187. The summed E-state index contributed by atoms with van der Waals surface area (Å²) < 4.78 is 39.1. The van der Waals surface area contributed by atoms with Gasteiger partial charge in [0, 0.05) is 17.8 Å². The van der Waals surface area contributed by atoms with E-state index >= 15 is 0 Å². The number of amides is 1. The fraction of sp³-hybridized carbons (Fsp3) is 0.389. The molecule has 0 saturated heterocycles. The zero-order chi connectivity index (χ0) is 18.7. The second kappa shape index (κ2) is 7.66. The molecule has 2 rings (SSSR count). The highest BCUT2D eigenvalue weighted by molar-refractivity contribution is 7.91. The van der Waals surface area contributed by atoms with Crippen LogP contribution in [0.25, 0.3) is 0 Å². The predicted molar refractivity (Wildman–Crippen MR) is 97.7 cm³/mol. The maximum Gasteiger partial charge on any atom is 0.220 e. The number of thiophene rings is 1. The van der Waals surface area contributed by atoms with Gasteiger partial charge in [-0.25, -0.2) is 12.8 Å². The monoisotopic (exact) mass is 383 g/mol. The van der Waals surface area contributed by atoms with E-state index in [2.05, 4.69) is 5.32 Å². The molecule has 1 amide bonds. The highest BCUT2D eigenvalue weighted by atomic mass is 32.2. The number of rotatable bonds is 6. The molecule has 0 aliphatic heterocycles. The second-order valence-electron chi connectivity index (χ2n) is 7.04. The van der Waals surface area contributed by atoms with E-state index in [1.165, 1.54) is 23.5 Å². The van der Waals surface area contributed by atoms with Gasteiger partial charge in [0.25, 0.3) is 0 Å². The summed E-state index contributed by atoms with van der Waals surface area (Å²) in [5, 5.41) is 3.62. The van der Waals surface area contributed by atoms with Gasteiger partial charge in [-0.05, 0) is 41.1 Å². The molecule has 1 aromatic carbocycles. The number of hydrogen-bond acceptors (Lipinski definition) is 4. The van der Waals surface area contributed by atoms with Crippen molar-refractivity contribution >= 4 is 27.1 Å². The van der Waals surface area contributed by atoms with E-state index in [9.17, 15) is 17.6 Å². The second-order valence-corrected chi connectivity index (χ2v) is 10.2. The van der Waals surface area contributed by atoms with E-state index in [1.807, 2.05) is 20.8 Å². The molecule has 1 heterocycles. The molecule has 0 unspecified atom stereocenters. The Bertz CT molecular complexity index is 807. The zero-order valence-electron chi connectivity index (χ0n) is 14.5. The summed E-state index contributed by atoms with van der Waals surface area (Å²) in [4.78, 5) is 12.8. The van der Waals surface area contributed by atoms with Crippen molar-refractivity contribution in [3.63, 3.8) is 0 Å². The predicted octanol–water partition coefficient (Wildman–Crippen LogP) is 3.95. The maximum atomic E-state index is 13.1. The van der Waals surface area contributed by atoms with Gasteiger partial charge in [0.15, 0.2) is 9.84 Å². The zero-order valence-corrected chi connectivity index (χ0v) is 16.1. The molecule has 1 atom stereocenters. The third-order valence-electron chi connectivity index (χ3n) is 3.55. The van der Waals surface area contributed by atoms with Crippen molar-refractivity contribution in [2.24, 2.45) is 5.41 Å². The molecule has 0 fully saturated rings. The first kappa shape index (κ1) is 19.6. The van der Waals surface area contributed by atoms with Crippen LogP contribution in [0.4, 0.5) is 4.39 Å². The van der Waals surface area contributed by atoms with Gasteiger partial charge in [0.1, 0.15) is 11.1 Å². The highest BCUT2D eigenvalue weighted by Gasteiger charge is 2.30. The number of nitrogens with one attached hydrogen (secondary N) is 1. The molecule has 7 heteroatoms. The molecule has 4 nitrogen and oxygen atoms in total. The van der Waals surface area contributed by atoms with E-state index in [0.29, 0.717) is 11.3 Å². The molecule has 0 saturated carbocycles. The standard InChI is InChI=1S/C18H22FNO3S2/c1-18(2,3)11-17(21)20-12-16(15-5-4-10-24-15)25(22,23)14-8-6-13(19)7-9-14/h4-10,16H,11-12H2,1-3H3,(H,20,21)/t16-/m0/s1. The van der Waals surface area contributed by atoms with Gasteiger partial charge < -0.3 is 5.32 Å². The first-order valence-electron chi connectivity index (χ1n) is 7.89. The van der Waals surface area contributed by atoms with Crippen molar-refractivity contribution < 1.29 is 17.6 Å². The van der Waals surface area contributed by atoms with Gasteiger partial charge >= 0.3 is 0 Å². The van der Waals surface area contributed by atoms with Gasteiger partial charge in [-0.3, -0.25) is 4.79 Å². The number of halogens is 1. The van der Waals surface area contributed by atoms with Crippen LogP contribution >= 0.6 is 11.3 Å². The molecule has 0 aliphatic rings. The Labute approximate surface area is 152 Å². The molecule has 25 heavy (non-hydrogen) atoms. The smallest absolute Gasteiger partial charge is 0.220 e. The summed E-state index contributed by atoms with van der Waals surface area (Å²) in [6.07, 6.45) is 0.306. The Morgan fingerprint density at radius 3 is 2.36 bits per heavy atom. The first-order chi connectivity index (χ1) is 11.6. The van der Waals surface area contributed by atoms with E-state index in [1.54, 1.807) is 17.5 Å². The Morgan fingerprint density at radius 1 is 1.20 bits per heavy atom. The van der Waals surface area contributed by atoms with E-state index < -0.39 is 20.9 Å². The normalized spacial score (nSPS) is 13.4. The van der Waals surface area contributed by atoms with Crippen molar-refractivity contribution in [2.75, 3.05) is 6.54 Å². The molecule has 2 aromatic rings. The SMILES string of the molecule is CC(C)(C)CC(=O)NC[C@@H](c1cccs1)S(=O)(=O)c1ccc(F)cc1. The largest absolute Gasteiger partial charge is 0.354 e. The van der Waals surface area contributed by atoms with Gasteiger partial charge in [-0.2, -0.15) is 0 Å². The van der Waals surface area contributed by atoms with Crippen LogP contribution in [-0.4, -0.2) is 20.9 Å². The minimum atomic E-state index is -3.75. The molecular weight excluding hydrogens is 361 g/mol. The van der Waals surface area contributed by atoms with Crippen LogP contribution in [0.2, 0.25) is 0 Å². The summed E-state index contributed by atoms with van der Waals surface area (Å²) in [6, 6.07) is 8.24. The fourth-order valence-corrected chi connectivity index (χ4v) is 5.16. The van der Waals surface area contributed by atoms with Crippen molar-refractivity contribution in [1.82, 2.24) is 5.32 Å². The van der Waals surface area contributed by atoms with E-state index in [4.69, 9.17) is 0 Å². The van der Waals surface area contributed by atoms with Crippen LogP contribution in [0.3, 0.4) is 0 Å². The summed E-state index contributed by atoms with van der Waals surface area (Å²) >= 11 is 1.32. The lowest BCUT2D eigenvalue weighted by Gasteiger charge is -2.20. The van der Waals surface area contributed by atoms with Crippen LogP contribution < -0.4 is 5.32 Å². The Hall–Kier alpha value is -1.73. The third kappa shape index (κ3) is 5.37. The van der Waals surface area contributed by atoms with Crippen molar-refractivity contribution in [1.29, 1.82) is 0 Å². The molecule has 0 bridgehead atoms. The Kier molecular flexibility index (Phi) is 6.00. The number of benzene rings is 1. The number of carbonyl (C=O) groups excluding carboxylic acids is 1. The molecule has 136 valence electrons. The first-order valence-corrected chi connectivity index (χ1v) is 10.3. The third-order valence-corrected chi connectivity index (χ3v) is 6.79. The molecular formula is C18H22FNO3S2. The summed E-state index contributed by atoms with van der Waals surface area (Å²) in [7, 11) is -3.75. The number of hydrogen-bond donors (Lipinski definition) is 1. The average Bonchev–Trinajstić information content (AvgIpc) is 2.99. The van der Waals surface area contributed by atoms with Gasteiger partial charge in [0.05, 0.1) is 4.90 Å². The highest BCUT2D eigenvalue weighted by Crippen LogP contribution is 2.31. The van der Waals surface area contributed by atoms with Crippen molar-refractivity contribution in [2.45, 2.75) is 37.3 Å². The molecule has 0 aliphatic carbocycles. The minimum Gasteiger partial charge on any atom is -0.354 e. The quantitative estimate of drug-likeness (QED) is 0.768. The average molecular weight is 384 g/mol. The van der Waals surface area contributed by atoms with Crippen LogP contribution in [0.1, 0.15) is 37.3 Å². The fourth-order valence-electron chi connectivity index (χ4n) is 2.38. The number of sulfone groups is 1. The van der Waals surface area contributed by atoms with Gasteiger partial charge in [-0.1, -0.05) is 26.8 Å². The lowest BCUT2D eigenvalue weighted by atomic mass is 9.92. The molecule has 0 spiro atoms. The van der Waals surface area contributed by atoms with Crippen molar-refractivity contribution in [3.8, 4) is 0 Å². The lowest BCUT2D eigenvalue weighted by molar-refractivity contribution is -0.122. The molecule has 1 N–H and O–H groups in total. The topological polar surface area (TPSA) is 63.2 Å². The summed E-state index contributed by atoms with van der Waals surface area (Å²) in [5.74, 6) is -0.687. The summed E-state index contributed by atoms with van der Waals surface area (Å²) in [6.45, 7) is 5.81. The maximum absolute atomic E-state index is 13.1. The molecule has 1 aromatic heterocycles. The van der Waals surface area contributed by atoms with Gasteiger partial charge in [-0.15, -0.1) is 11.3 Å².